The number of methoxy groups -OCH3 is 1. The van der Waals surface area contributed by atoms with Gasteiger partial charge in [0.05, 0.1) is 13.5 Å². The predicted octanol–water partition coefficient (Wildman–Crippen LogP) is 3.58. The summed E-state index contributed by atoms with van der Waals surface area (Å²) in [6.07, 6.45) is -0.455. The number of nitrogens with zero attached hydrogens (tertiary/aromatic N) is 1. The number of aromatic nitrogens is 1. The van der Waals surface area contributed by atoms with Crippen LogP contribution in [-0.2, 0) is 16.0 Å². The Morgan fingerprint density at radius 2 is 1.85 bits per heavy atom. The third-order valence-corrected chi connectivity index (χ3v) is 3.93. The molecule has 0 bridgehead atoms. The van der Waals surface area contributed by atoms with E-state index < -0.39 is 12.1 Å². The summed E-state index contributed by atoms with van der Waals surface area (Å²) in [5, 5.41) is 0. The molecule has 0 unspecified atom stereocenters. The molecule has 0 fully saturated rings. The van der Waals surface area contributed by atoms with Gasteiger partial charge in [0.25, 0.3) is 0 Å². The summed E-state index contributed by atoms with van der Waals surface area (Å²) in [4.78, 5) is 28.6. The summed E-state index contributed by atoms with van der Waals surface area (Å²) in [6.45, 7) is 1.56. The molecule has 0 aliphatic heterocycles. The number of hydrogen-bond donors (Lipinski definition) is 0. The van der Waals surface area contributed by atoms with Gasteiger partial charge < -0.3 is 13.9 Å². The van der Waals surface area contributed by atoms with Crippen LogP contribution in [0, 0.1) is 0 Å². The topological polar surface area (TPSA) is 78.6 Å². The van der Waals surface area contributed by atoms with Gasteiger partial charge in [-0.3, -0.25) is 9.59 Å². The van der Waals surface area contributed by atoms with Crippen LogP contribution in [0.4, 0.5) is 0 Å². The lowest BCUT2D eigenvalue weighted by Gasteiger charge is -2.12. The normalized spacial score (nSPS) is 11.9. The van der Waals surface area contributed by atoms with Crippen molar-refractivity contribution in [1.82, 2.24) is 4.98 Å². The van der Waals surface area contributed by atoms with E-state index >= 15 is 0 Å². The van der Waals surface area contributed by atoms with E-state index in [0.29, 0.717) is 29.2 Å². The van der Waals surface area contributed by atoms with Gasteiger partial charge in [-0.25, -0.2) is 4.98 Å². The number of carbonyl (C=O) groups excluding carboxylic acids is 2. The molecule has 6 nitrogen and oxygen atoms in total. The van der Waals surface area contributed by atoms with E-state index in [1.165, 1.54) is 0 Å². The average Bonchev–Trinajstić information content (AvgIpc) is 3.09. The van der Waals surface area contributed by atoms with Crippen LogP contribution in [0.5, 0.6) is 5.75 Å². The number of carbonyl (C=O) groups is 2. The lowest BCUT2D eigenvalue weighted by atomic mass is 10.1. The third kappa shape index (κ3) is 4.08. The SMILES string of the molecule is COc1ccc(C(=O)[C@@H](C)OC(=O)CCc2nc3ccccc3o2)cc1. The molecule has 3 rings (SSSR count). The molecule has 0 saturated carbocycles. The maximum Gasteiger partial charge on any atom is 0.307 e. The number of aryl methyl sites for hydroxylation is 1. The first-order valence-corrected chi connectivity index (χ1v) is 8.29. The summed E-state index contributed by atoms with van der Waals surface area (Å²) in [7, 11) is 1.55. The molecule has 0 N–H and O–H groups in total. The van der Waals surface area contributed by atoms with Crippen molar-refractivity contribution in [2.24, 2.45) is 0 Å². The van der Waals surface area contributed by atoms with Gasteiger partial charge in [-0.1, -0.05) is 12.1 Å². The van der Waals surface area contributed by atoms with Gasteiger partial charge in [0, 0.05) is 12.0 Å². The number of oxazole rings is 1. The fraction of sp³-hybridized carbons (Fsp3) is 0.250. The number of hydrogen-bond acceptors (Lipinski definition) is 6. The van der Waals surface area contributed by atoms with Crippen molar-refractivity contribution in [3.05, 3.63) is 60.0 Å². The van der Waals surface area contributed by atoms with Gasteiger partial charge in [0.1, 0.15) is 11.3 Å². The fourth-order valence-electron chi connectivity index (χ4n) is 2.54. The van der Waals surface area contributed by atoms with Crippen molar-refractivity contribution in [2.45, 2.75) is 25.9 Å². The first kappa shape index (κ1) is 17.7. The summed E-state index contributed by atoms with van der Waals surface area (Å²) >= 11 is 0. The summed E-state index contributed by atoms with van der Waals surface area (Å²) in [5.74, 6) is 0.395. The van der Waals surface area contributed by atoms with Crippen LogP contribution < -0.4 is 4.74 Å². The van der Waals surface area contributed by atoms with Crippen LogP contribution >= 0.6 is 0 Å². The molecule has 0 spiro atoms. The molecular weight excluding hydrogens is 334 g/mol. The standard InChI is InChI=1S/C20H19NO5/c1-13(20(23)14-7-9-15(24-2)10-8-14)25-19(22)12-11-18-21-16-5-3-4-6-17(16)26-18/h3-10,13H,11-12H2,1-2H3/t13-/m1/s1. The van der Waals surface area contributed by atoms with Crippen molar-refractivity contribution >= 4 is 22.9 Å². The summed E-state index contributed by atoms with van der Waals surface area (Å²) < 4.78 is 15.9. The predicted molar refractivity (Wildman–Crippen MR) is 95.2 cm³/mol. The summed E-state index contributed by atoms with van der Waals surface area (Å²) in [6, 6.07) is 14.1. The number of esters is 1. The zero-order valence-corrected chi connectivity index (χ0v) is 14.6. The highest BCUT2D eigenvalue weighted by atomic mass is 16.5. The van der Waals surface area contributed by atoms with Crippen LogP contribution in [0.3, 0.4) is 0 Å². The monoisotopic (exact) mass is 353 g/mol. The van der Waals surface area contributed by atoms with Gasteiger partial charge in [-0.05, 0) is 43.3 Å². The van der Waals surface area contributed by atoms with Crippen molar-refractivity contribution in [1.29, 1.82) is 0 Å². The molecule has 1 heterocycles. The van der Waals surface area contributed by atoms with E-state index in [1.54, 1.807) is 38.3 Å². The molecule has 3 aromatic rings. The minimum atomic E-state index is -0.862. The van der Waals surface area contributed by atoms with Gasteiger partial charge in [-0.15, -0.1) is 0 Å². The second kappa shape index (κ2) is 7.82. The van der Waals surface area contributed by atoms with Gasteiger partial charge in [0.2, 0.25) is 5.78 Å². The first-order chi connectivity index (χ1) is 12.6. The number of benzene rings is 2. The van der Waals surface area contributed by atoms with Gasteiger partial charge in [-0.2, -0.15) is 0 Å². The zero-order chi connectivity index (χ0) is 18.5. The maximum atomic E-state index is 12.3. The highest BCUT2D eigenvalue weighted by Gasteiger charge is 2.20. The lowest BCUT2D eigenvalue weighted by Crippen LogP contribution is -2.24. The number of ketones is 1. The quantitative estimate of drug-likeness (QED) is 0.477. The number of fused-ring (bicyclic) bond motifs is 1. The number of Topliss-reactive ketones (excluding diaryl/α,β-unsaturated/α-hetero) is 1. The first-order valence-electron chi connectivity index (χ1n) is 8.29. The number of para-hydroxylation sites is 2. The van der Waals surface area contributed by atoms with Crippen molar-refractivity contribution in [3.63, 3.8) is 0 Å². The Kier molecular flexibility index (Phi) is 5.31. The van der Waals surface area contributed by atoms with Crippen molar-refractivity contribution in [2.75, 3.05) is 7.11 Å². The minimum Gasteiger partial charge on any atom is -0.497 e. The Hall–Kier alpha value is -3.15. The van der Waals surface area contributed by atoms with Crippen LogP contribution in [0.1, 0.15) is 29.6 Å². The minimum absolute atomic E-state index is 0.0903. The molecule has 0 saturated heterocycles. The van der Waals surface area contributed by atoms with Crippen LogP contribution in [-0.4, -0.2) is 30.0 Å². The Morgan fingerprint density at radius 1 is 1.12 bits per heavy atom. The van der Waals surface area contributed by atoms with E-state index in [9.17, 15) is 9.59 Å². The Morgan fingerprint density at radius 3 is 2.54 bits per heavy atom. The molecular formula is C20H19NO5. The molecule has 134 valence electrons. The van der Waals surface area contributed by atoms with Gasteiger partial charge >= 0.3 is 5.97 Å². The largest absolute Gasteiger partial charge is 0.497 e. The molecule has 1 atom stereocenters. The Balaban J connectivity index is 1.53. The summed E-state index contributed by atoms with van der Waals surface area (Å²) in [5.41, 5.74) is 1.89. The smallest absolute Gasteiger partial charge is 0.307 e. The van der Waals surface area contributed by atoms with E-state index in [0.717, 1.165) is 5.52 Å². The van der Waals surface area contributed by atoms with Crippen molar-refractivity contribution < 1.29 is 23.5 Å². The second-order valence-electron chi connectivity index (χ2n) is 5.80. The van der Waals surface area contributed by atoms with Crippen LogP contribution in [0.25, 0.3) is 11.1 Å². The van der Waals surface area contributed by atoms with E-state index in [1.807, 2.05) is 24.3 Å². The van der Waals surface area contributed by atoms with Gasteiger partial charge in [0.15, 0.2) is 17.6 Å². The maximum absolute atomic E-state index is 12.3. The average molecular weight is 353 g/mol. The molecule has 2 aromatic carbocycles. The molecule has 1 aromatic heterocycles. The van der Waals surface area contributed by atoms with E-state index in [4.69, 9.17) is 13.9 Å². The molecule has 0 aliphatic rings. The number of ether oxygens (including phenoxy) is 2. The van der Waals surface area contributed by atoms with E-state index in [2.05, 4.69) is 4.98 Å². The Bertz CT molecular complexity index is 880. The molecule has 6 heteroatoms. The number of rotatable bonds is 7. The molecule has 0 aliphatic carbocycles. The third-order valence-electron chi connectivity index (χ3n) is 3.93. The fourth-order valence-corrected chi connectivity index (χ4v) is 2.54. The highest BCUT2D eigenvalue weighted by Crippen LogP contribution is 2.17. The van der Waals surface area contributed by atoms with Crippen LogP contribution in [0.15, 0.2) is 52.9 Å². The van der Waals surface area contributed by atoms with E-state index in [-0.39, 0.29) is 12.2 Å². The molecule has 0 amide bonds. The molecule has 26 heavy (non-hydrogen) atoms. The zero-order valence-electron chi connectivity index (χ0n) is 14.6. The highest BCUT2D eigenvalue weighted by molar-refractivity contribution is 6.00. The second-order valence-corrected chi connectivity index (χ2v) is 5.80. The van der Waals surface area contributed by atoms with Crippen molar-refractivity contribution in [3.8, 4) is 5.75 Å². The lowest BCUT2D eigenvalue weighted by molar-refractivity contribution is -0.146. The molecule has 0 radical (unpaired) electrons. The van der Waals surface area contributed by atoms with Crippen LogP contribution in [0.2, 0.25) is 0 Å². The Labute approximate surface area is 150 Å².